The van der Waals surface area contributed by atoms with Gasteiger partial charge in [-0.1, -0.05) is 41.9 Å². The highest BCUT2D eigenvalue weighted by molar-refractivity contribution is 9.10. The molecular weight excluding hydrogens is 534 g/mol. The van der Waals surface area contributed by atoms with Crippen LogP contribution >= 0.6 is 27.5 Å². The maximum Gasteiger partial charge on any atom is 0.282 e. The standard InChI is InChI=1S/C26H19BrClN3O4/c1-3-34-20-13-16(22(27)23(28)24(20)33-2)14-29-31-25(21-12-15-8-4-7-11-19(15)35-21)30-18-10-6-5-9-17(18)26(31)32/h4-14H,3H2,1-2H3. The molecule has 3 aromatic carbocycles. The van der Waals surface area contributed by atoms with Gasteiger partial charge in [0.25, 0.3) is 5.56 Å². The number of ether oxygens (including phenoxy) is 2. The number of hydrogen-bond acceptors (Lipinski definition) is 6. The zero-order valence-electron chi connectivity index (χ0n) is 18.8. The minimum Gasteiger partial charge on any atom is -0.491 e. The predicted octanol–water partition coefficient (Wildman–Crippen LogP) is 6.52. The number of furan rings is 1. The van der Waals surface area contributed by atoms with Crippen LogP contribution in [0.2, 0.25) is 5.02 Å². The van der Waals surface area contributed by atoms with Gasteiger partial charge >= 0.3 is 0 Å². The van der Waals surface area contributed by atoms with E-state index < -0.39 is 0 Å². The summed E-state index contributed by atoms with van der Waals surface area (Å²) in [5, 5.41) is 6.17. The molecule has 0 bridgehead atoms. The molecule has 0 fully saturated rings. The first-order valence-corrected chi connectivity index (χ1v) is 11.9. The van der Waals surface area contributed by atoms with Crippen molar-refractivity contribution in [3.63, 3.8) is 0 Å². The van der Waals surface area contributed by atoms with Crippen molar-refractivity contribution in [3.8, 4) is 23.1 Å². The molecule has 0 aliphatic carbocycles. The molecule has 0 saturated heterocycles. The van der Waals surface area contributed by atoms with Gasteiger partial charge in [0.1, 0.15) is 10.6 Å². The zero-order chi connectivity index (χ0) is 24.5. The van der Waals surface area contributed by atoms with Crippen LogP contribution in [-0.2, 0) is 0 Å². The highest BCUT2D eigenvalue weighted by atomic mass is 79.9. The van der Waals surface area contributed by atoms with Crippen LogP contribution in [0.1, 0.15) is 12.5 Å². The van der Waals surface area contributed by atoms with Crippen molar-refractivity contribution in [3.05, 3.63) is 86.1 Å². The molecular formula is C26H19BrClN3O4. The lowest BCUT2D eigenvalue weighted by Gasteiger charge is -2.14. The Hall–Kier alpha value is -3.62. The van der Waals surface area contributed by atoms with E-state index >= 15 is 0 Å². The van der Waals surface area contributed by atoms with E-state index in [4.69, 9.17) is 30.5 Å². The smallest absolute Gasteiger partial charge is 0.282 e. The summed E-state index contributed by atoms with van der Waals surface area (Å²) in [5.74, 6) is 1.58. The third kappa shape index (κ3) is 4.19. The van der Waals surface area contributed by atoms with E-state index in [9.17, 15) is 4.79 Å². The predicted molar refractivity (Wildman–Crippen MR) is 141 cm³/mol. The van der Waals surface area contributed by atoms with E-state index in [1.165, 1.54) is 18.0 Å². The third-order valence-corrected chi connectivity index (χ3v) is 6.82. The third-order valence-electron chi connectivity index (χ3n) is 5.37. The molecule has 0 saturated carbocycles. The topological polar surface area (TPSA) is 78.9 Å². The number of benzene rings is 3. The van der Waals surface area contributed by atoms with Crippen LogP contribution < -0.4 is 15.0 Å². The quantitative estimate of drug-likeness (QED) is 0.224. The second-order valence-corrected chi connectivity index (χ2v) is 8.69. The fourth-order valence-corrected chi connectivity index (χ4v) is 4.43. The molecule has 5 aromatic rings. The van der Waals surface area contributed by atoms with E-state index in [0.717, 1.165) is 5.39 Å². The summed E-state index contributed by atoms with van der Waals surface area (Å²) in [6.45, 7) is 2.29. The Morgan fingerprint density at radius 3 is 2.71 bits per heavy atom. The van der Waals surface area contributed by atoms with Crippen LogP contribution in [0.15, 0.2) is 79.4 Å². The van der Waals surface area contributed by atoms with Crippen molar-refractivity contribution < 1.29 is 13.9 Å². The van der Waals surface area contributed by atoms with Gasteiger partial charge < -0.3 is 13.9 Å². The van der Waals surface area contributed by atoms with Crippen molar-refractivity contribution in [2.45, 2.75) is 6.92 Å². The van der Waals surface area contributed by atoms with Crippen LogP contribution in [0.4, 0.5) is 0 Å². The van der Waals surface area contributed by atoms with Gasteiger partial charge in [-0.3, -0.25) is 4.79 Å². The average molecular weight is 553 g/mol. The number of rotatable bonds is 6. The van der Waals surface area contributed by atoms with E-state index in [0.29, 0.717) is 55.4 Å². The summed E-state index contributed by atoms with van der Waals surface area (Å²) in [6.07, 6.45) is 1.52. The number of aromatic nitrogens is 2. The lowest BCUT2D eigenvalue weighted by atomic mass is 10.2. The molecule has 2 heterocycles. The maximum atomic E-state index is 13.5. The Balaban J connectivity index is 1.71. The second kappa shape index (κ2) is 9.56. The molecule has 7 nitrogen and oxygen atoms in total. The van der Waals surface area contributed by atoms with Crippen molar-refractivity contribution in [1.29, 1.82) is 0 Å². The average Bonchev–Trinajstić information content (AvgIpc) is 3.31. The molecule has 0 spiro atoms. The van der Waals surface area contributed by atoms with Crippen molar-refractivity contribution in [1.82, 2.24) is 9.66 Å². The fraction of sp³-hybridized carbons (Fsp3) is 0.115. The van der Waals surface area contributed by atoms with E-state index in [1.807, 2.05) is 43.3 Å². The molecule has 0 unspecified atom stereocenters. The van der Waals surface area contributed by atoms with Gasteiger partial charge in [-0.2, -0.15) is 9.78 Å². The molecule has 2 aromatic heterocycles. The summed E-state index contributed by atoms with van der Waals surface area (Å²) >= 11 is 9.99. The SMILES string of the molecule is CCOc1cc(C=Nn2c(-c3cc4ccccc4o3)nc3ccccc3c2=O)c(Br)c(Cl)c1OC. The van der Waals surface area contributed by atoms with Crippen LogP contribution in [0.5, 0.6) is 11.5 Å². The highest BCUT2D eigenvalue weighted by Gasteiger charge is 2.18. The number of methoxy groups -OCH3 is 1. The van der Waals surface area contributed by atoms with Gasteiger partial charge in [0.05, 0.1) is 30.8 Å². The molecule has 176 valence electrons. The van der Waals surface area contributed by atoms with Gasteiger partial charge in [-0.05, 0) is 53.2 Å². The number of hydrogen-bond donors (Lipinski definition) is 0. The Morgan fingerprint density at radius 1 is 1.17 bits per heavy atom. The lowest BCUT2D eigenvalue weighted by Crippen LogP contribution is -2.20. The number of fused-ring (bicyclic) bond motifs is 2. The van der Waals surface area contributed by atoms with Crippen LogP contribution in [0.25, 0.3) is 33.5 Å². The summed E-state index contributed by atoms with van der Waals surface area (Å²) in [5.41, 5.74) is 1.50. The number of nitrogens with zero attached hydrogens (tertiary/aromatic N) is 3. The largest absolute Gasteiger partial charge is 0.491 e. The molecule has 0 amide bonds. The molecule has 9 heteroatoms. The zero-order valence-corrected chi connectivity index (χ0v) is 21.1. The van der Waals surface area contributed by atoms with Gasteiger partial charge in [0.15, 0.2) is 17.3 Å². The first-order chi connectivity index (χ1) is 17.0. The first-order valence-electron chi connectivity index (χ1n) is 10.8. The minimum absolute atomic E-state index is 0.280. The highest BCUT2D eigenvalue weighted by Crippen LogP contribution is 2.42. The lowest BCUT2D eigenvalue weighted by molar-refractivity contribution is 0.311. The fourth-order valence-electron chi connectivity index (χ4n) is 3.75. The monoisotopic (exact) mass is 551 g/mol. The van der Waals surface area contributed by atoms with Gasteiger partial charge in [0, 0.05) is 15.4 Å². The molecule has 0 aliphatic rings. The summed E-state index contributed by atoms with van der Waals surface area (Å²) < 4.78 is 18.9. The number of halogens is 2. The Kier molecular flexibility index (Phi) is 6.32. The molecule has 35 heavy (non-hydrogen) atoms. The van der Waals surface area contributed by atoms with Crippen molar-refractivity contribution >= 4 is 55.6 Å². The molecule has 0 N–H and O–H groups in total. The normalized spacial score (nSPS) is 11.5. The van der Waals surface area contributed by atoms with E-state index in [1.54, 1.807) is 24.3 Å². The van der Waals surface area contributed by atoms with Crippen molar-refractivity contribution in [2.75, 3.05) is 13.7 Å². The van der Waals surface area contributed by atoms with Crippen molar-refractivity contribution in [2.24, 2.45) is 5.10 Å². The Bertz CT molecular complexity index is 1630. The minimum atomic E-state index is -0.330. The molecule has 0 radical (unpaired) electrons. The van der Waals surface area contributed by atoms with Gasteiger partial charge in [0.2, 0.25) is 5.82 Å². The summed E-state index contributed by atoms with van der Waals surface area (Å²) in [7, 11) is 1.52. The summed E-state index contributed by atoms with van der Waals surface area (Å²) in [6, 6.07) is 18.3. The number of para-hydroxylation sites is 2. The molecule has 0 aliphatic heterocycles. The van der Waals surface area contributed by atoms with Crippen LogP contribution in [0, 0.1) is 0 Å². The molecule has 0 atom stereocenters. The van der Waals surface area contributed by atoms with E-state index in [2.05, 4.69) is 21.0 Å². The van der Waals surface area contributed by atoms with Crippen LogP contribution in [0.3, 0.4) is 0 Å². The second-order valence-electron chi connectivity index (χ2n) is 7.52. The first kappa shape index (κ1) is 23.1. The van der Waals surface area contributed by atoms with Gasteiger partial charge in [-0.15, -0.1) is 0 Å². The molecule has 5 rings (SSSR count). The summed E-state index contributed by atoms with van der Waals surface area (Å²) in [4.78, 5) is 18.2. The Morgan fingerprint density at radius 2 is 1.94 bits per heavy atom. The Labute approximate surface area is 213 Å². The maximum absolute atomic E-state index is 13.5. The van der Waals surface area contributed by atoms with Gasteiger partial charge in [-0.25, -0.2) is 4.98 Å². The van der Waals surface area contributed by atoms with E-state index in [-0.39, 0.29) is 11.4 Å². The van der Waals surface area contributed by atoms with Crippen LogP contribution in [-0.4, -0.2) is 29.6 Å².